The number of nitrogens with one attached hydrogen (secondary N) is 1. The number of aromatic nitrogens is 2. The first-order valence-electron chi connectivity index (χ1n) is 6.97. The highest BCUT2D eigenvalue weighted by molar-refractivity contribution is 5.30. The molecule has 1 N–H and O–H groups in total. The van der Waals surface area contributed by atoms with E-state index in [9.17, 15) is 0 Å². The van der Waals surface area contributed by atoms with Crippen molar-refractivity contribution in [2.24, 2.45) is 7.05 Å². The molecule has 1 fully saturated rings. The first-order chi connectivity index (χ1) is 9.18. The van der Waals surface area contributed by atoms with Gasteiger partial charge in [0.15, 0.2) is 5.75 Å². The first kappa shape index (κ1) is 14.3. The summed E-state index contributed by atoms with van der Waals surface area (Å²) in [7, 11) is 7.44. The molecular weight excluding hydrogens is 242 g/mol. The van der Waals surface area contributed by atoms with Gasteiger partial charge in [0.05, 0.1) is 30.6 Å². The third kappa shape index (κ3) is 2.49. The summed E-state index contributed by atoms with van der Waals surface area (Å²) >= 11 is 0. The van der Waals surface area contributed by atoms with Gasteiger partial charge < -0.3 is 14.8 Å². The van der Waals surface area contributed by atoms with Crippen LogP contribution in [0.5, 0.6) is 5.75 Å². The van der Waals surface area contributed by atoms with Gasteiger partial charge in [0.1, 0.15) is 0 Å². The van der Waals surface area contributed by atoms with Crippen LogP contribution in [0, 0.1) is 0 Å². The lowest BCUT2D eigenvalue weighted by Crippen LogP contribution is -2.46. The quantitative estimate of drug-likeness (QED) is 0.887. The van der Waals surface area contributed by atoms with Crippen LogP contribution in [0.4, 0.5) is 0 Å². The predicted molar refractivity (Wildman–Crippen MR) is 74.4 cm³/mol. The van der Waals surface area contributed by atoms with Crippen LogP contribution in [-0.4, -0.2) is 36.6 Å². The molecule has 2 rings (SSSR count). The van der Waals surface area contributed by atoms with E-state index in [1.54, 1.807) is 13.3 Å². The first-order valence-corrected chi connectivity index (χ1v) is 6.97. The van der Waals surface area contributed by atoms with Crippen molar-refractivity contribution in [2.75, 3.05) is 21.3 Å². The van der Waals surface area contributed by atoms with E-state index in [0.29, 0.717) is 0 Å². The number of likely N-dealkylation sites (N-methyl/N-ethyl adjacent to an activating group) is 1. The van der Waals surface area contributed by atoms with Gasteiger partial charge in [0.2, 0.25) is 0 Å². The second kappa shape index (κ2) is 5.92. The van der Waals surface area contributed by atoms with Crippen molar-refractivity contribution >= 4 is 0 Å². The normalized spacial score (nSPS) is 20.2. The van der Waals surface area contributed by atoms with E-state index in [4.69, 9.17) is 9.47 Å². The smallest absolute Gasteiger partial charge is 0.161 e. The molecular formula is C14H25N3O2. The maximum absolute atomic E-state index is 5.95. The molecule has 1 saturated carbocycles. The van der Waals surface area contributed by atoms with Crippen molar-refractivity contribution in [3.63, 3.8) is 0 Å². The second-order valence-corrected chi connectivity index (χ2v) is 5.27. The van der Waals surface area contributed by atoms with Crippen molar-refractivity contribution in [2.45, 2.75) is 43.7 Å². The van der Waals surface area contributed by atoms with Gasteiger partial charge in [-0.1, -0.05) is 19.3 Å². The Morgan fingerprint density at radius 2 is 2.00 bits per heavy atom. The Hall–Kier alpha value is -1.07. The maximum Gasteiger partial charge on any atom is 0.161 e. The van der Waals surface area contributed by atoms with Crippen LogP contribution < -0.4 is 10.1 Å². The molecule has 5 heteroatoms. The summed E-state index contributed by atoms with van der Waals surface area (Å²) in [6.45, 7) is 0. The third-order valence-electron chi connectivity index (χ3n) is 4.36. The van der Waals surface area contributed by atoms with Gasteiger partial charge in [0, 0.05) is 14.2 Å². The lowest BCUT2D eigenvalue weighted by Gasteiger charge is -2.42. The fraction of sp³-hybridized carbons (Fsp3) is 0.786. The molecule has 0 aliphatic heterocycles. The summed E-state index contributed by atoms with van der Waals surface area (Å²) in [5.41, 5.74) is 0.905. The Labute approximate surface area is 115 Å². The van der Waals surface area contributed by atoms with Crippen LogP contribution in [0.25, 0.3) is 0 Å². The molecule has 1 aliphatic rings. The number of nitrogens with zero attached hydrogens (tertiary/aromatic N) is 2. The zero-order valence-corrected chi connectivity index (χ0v) is 12.4. The topological polar surface area (TPSA) is 48.3 Å². The summed E-state index contributed by atoms with van der Waals surface area (Å²) < 4.78 is 13.3. The minimum Gasteiger partial charge on any atom is -0.493 e. The van der Waals surface area contributed by atoms with Crippen LogP contribution in [0.15, 0.2) is 6.20 Å². The standard InChI is InChI=1S/C14H25N3O2/c1-15-13(12-11(18-3)10-16-17(12)2)14(19-4)8-6-5-7-9-14/h10,13,15H,5-9H2,1-4H3. The van der Waals surface area contributed by atoms with E-state index in [2.05, 4.69) is 10.4 Å². The second-order valence-electron chi connectivity index (χ2n) is 5.27. The number of methoxy groups -OCH3 is 2. The fourth-order valence-electron chi connectivity index (χ4n) is 3.32. The molecule has 5 nitrogen and oxygen atoms in total. The van der Waals surface area contributed by atoms with Crippen LogP contribution in [0.3, 0.4) is 0 Å². The summed E-state index contributed by atoms with van der Waals surface area (Å²) in [5.74, 6) is 0.823. The largest absolute Gasteiger partial charge is 0.493 e. The number of hydrogen-bond acceptors (Lipinski definition) is 4. The van der Waals surface area contributed by atoms with Crippen molar-refractivity contribution in [3.05, 3.63) is 11.9 Å². The average molecular weight is 267 g/mol. The number of hydrogen-bond donors (Lipinski definition) is 1. The van der Waals surface area contributed by atoms with Crippen molar-refractivity contribution in [1.82, 2.24) is 15.1 Å². The zero-order valence-electron chi connectivity index (χ0n) is 12.4. The van der Waals surface area contributed by atoms with E-state index in [1.807, 2.05) is 25.9 Å². The van der Waals surface area contributed by atoms with Crippen LogP contribution in [0.2, 0.25) is 0 Å². The summed E-state index contributed by atoms with van der Waals surface area (Å²) in [5, 5.41) is 7.73. The predicted octanol–water partition coefficient (Wildman–Crippen LogP) is 2.04. The van der Waals surface area contributed by atoms with Crippen molar-refractivity contribution in [1.29, 1.82) is 0 Å². The fourth-order valence-corrected chi connectivity index (χ4v) is 3.32. The van der Waals surface area contributed by atoms with E-state index in [-0.39, 0.29) is 11.6 Å². The Morgan fingerprint density at radius 1 is 1.32 bits per heavy atom. The molecule has 19 heavy (non-hydrogen) atoms. The summed E-state index contributed by atoms with van der Waals surface area (Å²) in [4.78, 5) is 0. The highest BCUT2D eigenvalue weighted by Gasteiger charge is 2.42. The highest BCUT2D eigenvalue weighted by atomic mass is 16.5. The zero-order chi connectivity index (χ0) is 13.9. The molecule has 108 valence electrons. The molecule has 0 amide bonds. The van der Waals surface area contributed by atoms with E-state index in [0.717, 1.165) is 24.3 Å². The lowest BCUT2D eigenvalue weighted by molar-refractivity contribution is -0.0692. The van der Waals surface area contributed by atoms with Gasteiger partial charge in [-0.25, -0.2) is 0 Å². The van der Waals surface area contributed by atoms with Gasteiger partial charge in [-0.3, -0.25) is 4.68 Å². The van der Waals surface area contributed by atoms with Gasteiger partial charge in [0.25, 0.3) is 0 Å². The number of ether oxygens (including phenoxy) is 2. The minimum absolute atomic E-state index is 0.0975. The highest BCUT2D eigenvalue weighted by Crippen LogP contribution is 2.43. The molecule has 1 aromatic heterocycles. The molecule has 0 saturated heterocycles. The van der Waals surface area contributed by atoms with Crippen molar-refractivity contribution < 1.29 is 9.47 Å². The maximum atomic E-state index is 5.95. The van der Waals surface area contributed by atoms with Gasteiger partial charge >= 0.3 is 0 Å². The van der Waals surface area contributed by atoms with Crippen LogP contribution in [0.1, 0.15) is 43.8 Å². The molecule has 1 aromatic rings. The molecule has 0 aromatic carbocycles. The molecule has 0 bridgehead atoms. The Balaban J connectivity index is 2.39. The molecule has 1 unspecified atom stereocenters. The van der Waals surface area contributed by atoms with Crippen LogP contribution in [-0.2, 0) is 11.8 Å². The van der Waals surface area contributed by atoms with Gasteiger partial charge in [-0.15, -0.1) is 0 Å². The molecule has 0 radical (unpaired) electrons. The number of aryl methyl sites for hydroxylation is 1. The minimum atomic E-state index is -0.159. The number of rotatable bonds is 5. The van der Waals surface area contributed by atoms with E-state index >= 15 is 0 Å². The molecule has 1 atom stereocenters. The molecule has 1 heterocycles. The van der Waals surface area contributed by atoms with Crippen LogP contribution >= 0.6 is 0 Å². The van der Waals surface area contributed by atoms with Gasteiger partial charge in [-0.05, 0) is 19.9 Å². The van der Waals surface area contributed by atoms with E-state index in [1.165, 1.54) is 19.3 Å². The van der Waals surface area contributed by atoms with Crippen molar-refractivity contribution in [3.8, 4) is 5.75 Å². The summed E-state index contributed by atoms with van der Waals surface area (Å²) in [6, 6.07) is 0.0975. The molecule has 1 aliphatic carbocycles. The Kier molecular flexibility index (Phi) is 4.47. The Morgan fingerprint density at radius 3 is 2.53 bits per heavy atom. The monoisotopic (exact) mass is 267 g/mol. The molecule has 0 spiro atoms. The van der Waals surface area contributed by atoms with Gasteiger partial charge in [-0.2, -0.15) is 5.10 Å². The summed E-state index contributed by atoms with van der Waals surface area (Å²) in [6.07, 6.45) is 7.64. The Bertz CT molecular complexity index is 411. The SMILES string of the molecule is CNC(c1c(OC)cnn1C)C1(OC)CCCCC1. The average Bonchev–Trinajstić information content (AvgIpc) is 2.82. The third-order valence-corrected chi connectivity index (χ3v) is 4.36. The van der Waals surface area contributed by atoms with E-state index < -0.39 is 0 Å². The lowest BCUT2D eigenvalue weighted by atomic mass is 9.77.